The van der Waals surface area contributed by atoms with Crippen molar-refractivity contribution >= 4 is 0 Å². The van der Waals surface area contributed by atoms with Gasteiger partial charge in [0.25, 0.3) is 0 Å². The maximum Gasteiger partial charge on any atom is 0.163 e. The van der Waals surface area contributed by atoms with Gasteiger partial charge in [-0.05, 0) is 27.7 Å². The van der Waals surface area contributed by atoms with Crippen molar-refractivity contribution in [2.75, 3.05) is 6.61 Å². The molecule has 1 aliphatic heterocycles. The average molecular weight is 204 g/mol. The van der Waals surface area contributed by atoms with Crippen molar-refractivity contribution in [1.29, 1.82) is 0 Å². The van der Waals surface area contributed by atoms with Crippen LogP contribution in [0.3, 0.4) is 0 Å². The highest BCUT2D eigenvalue weighted by atomic mass is 16.8. The standard InChI is InChI=1S/C10H20O4/c1-9(2,12)5-7-8(6-11)14-10(3,4)13-7/h7-8,11-12H,5-6H2,1-4H3/t7-,8?/m1/s1. The van der Waals surface area contributed by atoms with Crippen LogP contribution in [0, 0.1) is 0 Å². The predicted octanol–water partition coefficient (Wildman–Crippen LogP) is 0.660. The van der Waals surface area contributed by atoms with Crippen molar-refractivity contribution in [2.24, 2.45) is 0 Å². The fourth-order valence-electron chi connectivity index (χ4n) is 1.73. The third-order valence-corrected chi connectivity index (χ3v) is 2.17. The van der Waals surface area contributed by atoms with Crippen molar-refractivity contribution in [3.8, 4) is 0 Å². The van der Waals surface area contributed by atoms with E-state index in [9.17, 15) is 5.11 Å². The Morgan fingerprint density at radius 1 is 1.21 bits per heavy atom. The summed E-state index contributed by atoms with van der Waals surface area (Å²) in [6.07, 6.45) is -0.117. The smallest absolute Gasteiger partial charge is 0.163 e. The first-order chi connectivity index (χ1) is 6.23. The molecule has 84 valence electrons. The number of hydrogen-bond donors (Lipinski definition) is 2. The molecule has 1 fully saturated rings. The third kappa shape index (κ3) is 3.20. The summed E-state index contributed by atoms with van der Waals surface area (Å²) in [5, 5.41) is 18.7. The molecule has 2 N–H and O–H groups in total. The maximum absolute atomic E-state index is 9.64. The van der Waals surface area contributed by atoms with Gasteiger partial charge in [0.05, 0.1) is 18.3 Å². The molecule has 1 rings (SSSR count). The van der Waals surface area contributed by atoms with Crippen LogP contribution in [-0.4, -0.2) is 40.4 Å². The fraction of sp³-hybridized carbons (Fsp3) is 1.00. The largest absolute Gasteiger partial charge is 0.394 e. The lowest BCUT2D eigenvalue weighted by atomic mass is 9.98. The van der Waals surface area contributed by atoms with Crippen LogP contribution in [0.15, 0.2) is 0 Å². The molecule has 1 aliphatic rings. The molecule has 1 unspecified atom stereocenters. The minimum absolute atomic E-state index is 0.0792. The number of ether oxygens (including phenoxy) is 2. The molecule has 0 spiro atoms. The molecule has 4 nitrogen and oxygen atoms in total. The summed E-state index contributed by atoms with van der Waals surface area (Å²) < 4.78 is 11.1. The molecular weight excluding hydrogens is 184 g/mol. The Hall–Kier alpha value is -0.160. The van der Waals surface area contributed by atoms with Crippen molar-refractivity contribution in [3.63, 3.8) is 0 Å². The first-order valence-electron chi connectivity index (χ1n) is 4.92. The molecule has 0 radical (unpaired) electrons. The molecule has 1 saturated heterocycles. The molecule has 1 heterocycles. The van der Waals surface area contributed by atoms with Gasteiger partial charge in [0.15, 0.2) is 5.79 Å². The molecule has 4 heteroatoms. The number of aliphatic hydroxyl groups is 2. The highest BCUT2D eigenvalue weighted by Crippen LogP contribution is 2.32. The van der Waals surface area contributed by atoms with Gasteiger partial charge >= 0.3 is 0 Å². The summed E-state index contributed by atoms with van der Waals surface area (Å²) in [6.45, 7) is 6.97. The van der Waals surface area contributed by atoms with Gasteiger partial charge in [-0.3, -0.25) is 0 Å². The van der Waals surface area contributed by atoms with E-state index in [2.05, 4.69) is 0 Å². The van der Waals surface area contributed by atoms with Gasteiger partial charge in [0.1, 0.15) is 6.10 Å². The highest BCUT2D eigenvalue weighted by molar-refractivity contribution is 4.85. The molecule has 0 bridgehead atoms. The summed E-state index contributed by atoms with van der Waals surface area (Å²) in [5.74, 6) is -0.663. The monoisotopic (exact) mass is 204 g/mol. The predicted molar refractivity (Wildman–Crippen MR) is 51.8 cm³/mol. The maximum atomic E-state index is 9.64. The van der Waals surface area contributed by atoms with Gasteiger partial charge in [-0.1, -0.05) is 0 Å². The van der Waals surface area contributed by atoms with Gasteiger partial charge in [-0.2, -0.15) is 0 Å². The lowest BCUT2D eigenvalue weighted by molar-refractivity contribution is -0.152. The number of rotatable bonds is 3. The molecule has 0 amide bonds. The number of hydrogen-bond acceptors (Lipinski definition) is 4. The van der Waals surface area contributed by atoms with Gasteiger partial charge in [0, 0.05) is 6.42 Å². The Kier molecular flexibility index (Phi) is 3.21. The van der Waals surface area contributed by atoms with Gasteiger partial charge < -0.3 is 19.7 Å². The fourth-order valence-corrected chi connectivity index (χ4v) is 1.73. The molecule has 0 aromatic rings. The molecule has 14 heavy (non-hydrogen) atoms. The van der Waals surface area contributed by atoms with Crippen LogP contribution in [0.2, 0.25) is 0 Å². The SMILES string of the molecule is CC(C)(O)C[C@H]1OC(C)(C)OC1CO. The summed E-state index contributed by atoms with van der Waals surface area (Å²) in [6, 6.07) is 0. The van der Waals surface area contributed by atoms with Crippen molar-refractivity contribution < 1.29 is 19.7 Å². The van der Waals surface area contributed by atoms with E-state index in [0.717, 1.165) is 0 Å². The molecule has 0 aromatic carbocycles. The quantitative estimate of drug-likeness (QED) is 0.709. The minimum atomic E-state index is -0.804. The second-order valence-electron chi connectivity index (χ2n) is 4.91. The van der Waals surface area contributed by atoms with E-state index in [1.165, 1.54) is 0 Å². The van der Waals surface area contributed by atoms with E-state index >= 15 is 0 Å². The van der Waals surface area contributed by atoms with E-state index in [-0.39, 0.29) is 18.8 Å². The Labute approximate surface area is 84.8 Å². The Bertz CT molecular complexity index is 195. The molecule has 0 saturated carbocycles. The zero-order valence-electron chi connectivity index (χ0n) is 9.28. The molecule has 0 aromatic heterocycles. The number of aliphatic hydroxyl groups excluding tert-OH is 1. The van der Waals surface area contributed by atoms with E-state index < -0.39 is 11.4 Å². The minimum Gasteiger partial charge on any atom is -0.394 e. The first kappa shape index (κ1) is 11.9. The zero-order valence-corrected chi connectivity index (χ0v) is 9.28. The molecule has 2 atom stereocenters. The second-order valence-corrected chi connectivity index (χ2v) is 4.91. The topological polar surface area (TPSA) is 58.9 Å². The lowest BCUT2D eigenvalue weighted by Crippen LogP contribution is -2.34. The van der Waals surface area contributed by atoms with Crippen LogP contribution in [-0.2, 0) is 9.47 Å². The Morgan fingerprint density at radius 2 is 1.71 bits per heavy atom. The van der Waals surface area contributed by atoms with Crippen LogP contribution in [0.1, 0.15) is 34.1 Å². The van der Waals surface area contributed by atoms with Crippen molar-refractivity contribution in [2.45, 2.75) is 57.7 Å². The Morgan fingerprint density at radius 3 is 2.14 bits per heavy atom. The van der Waals surface area contributed by atoms with Crippen LogP contribution in [0.5, 0.6) is 0 Å². The van der Waals surface area contributed by atoms with Crippen LogP contribution in [0.25, 0.3) is 0 Å². The van der Waals surface area contributed by atoms with Crippen molar-refractivity contribution in [1.82, 2.24) is 0 Å². The van der Waals surface area contributed by atoms with Crippen LogP contribution in [0.4, 0.5) is 0 Å². The van der Waals surface area contributed by atoms with E-state index in [1.807, 2.05) is 0 Å². The van der Waals surface area contributed by atoms with Crippen molar-refractivity contribution in [3.05, 3.63) is 0 Å². The zero-order chi connectivity index (χ0) is 11.0. The second kappa shape index (κ2) is 3.77. The van der Waals surface area contributed by atoms with Gasteiger partial charge in [-0.15, -0.1) is 0 Å². The van der Waals surface area contributed by atoms with Crippen LogP contribution < -0.4 is 0 Å². The van der Waals surface area contributed by atoms with Gasteiger partial charge in [0.2, 0.25) is 0 Å². The van der Waals surface area contributed by atoms with Crippen LogP contribution >= 0.6 is 0 Å². The molecule has 0 aliphatic carbocycles. The van der Waals surface area contributed by atoms with E-state index in [1.54, 1.807) is 27.7 Å². The van der Waals surface area contributed by atoms with E-state index in [0.29, 0.717) is 6.42 Å². The Balaban J connectivity index is 2.60. The van der Waals surface area contributed by atoms with E-state index in [4.69, 9.17) is 14.6 Å². The third-order valence-electron chi connectivity index (χ3n) is 2.17. The summed E-state index contributed by atoms with van der Waals surface area (Å²) in [4.78, 5) is 0. The normalized spacial score (nSPS) is 32.1. The lowest BCUT2D eigenvalue weighted by Gasteiger charge is -2.23. The average Bonchev–Trinajstić information content (AvgIpc) is 2.21. The highest BCUT2D eigenvalue weighted by Gasteiger charge is 2.42. The molecular formula is C10H20O4. The first-order valence-corrected chi connectivity index (χ1v) is 4.92. The van der Waals surface area contributed by atoms with Gasteiger partial charge in [-0.25, -0.2) is 0 Å². The summed E-state index contributed by atoms with van der Waals surface area (Å²) >= 11 is 0. The summed E-state index contributed by atoms with van der Waals surface area (Å²) in [5.41, 5.74) is -0.804. The summed E-state index contributed by atoms with van der Waals surface area (Å²) in [7, 11) is 0.